The third kappa shape index (κ3) is 9.38. The van der Waals surface area contributed by atoms with Crippen molar-refractivity contribution < 1.29 is 0 Å². The van der Waals surface area contributed by atoms with Crippen LogP contribution in [-0.2, 0) is 0 Å². The Morgan fingerprint density at radius 2 is 1.37 bits per heavy atom. The molecule has 0 aromatic rings. The highest BCUT2D eigenvalue weighted by molar-refractivity contribution is 4.89. The fourth-order valence-electron chi connectivity index (χ4n) is 2.46. The molecule has 0 aliphatic heterocycles. The fourth-order valence-corrected chi connectivity index (χ4v) is 2.46. The molecule has 0 amide bonds. The van der Waals surface area contributed by atoms with E-state index in [9.17, 15) is 0 Å². The van der Waals surface area contributed by atoms with E-state index in [-0.39, 0.29) is 0 Å². The molecule has 114 valence electrons. The van der Waals surface area contributed by atoms with Crippen LogP contribution in [0, 0.1) is 11.8 Å². The molecule has 19 heavy (non-hydrogen) atoms. The molecule has 0 radical (unpaired) electrons. The molecule has 2 atom stereocenters. The summed E-state index contributed by atoms with van der Waals surface area (Å²) in [5, 5.41) is 10.5. The van der Waals surface area contributed by atoms with Crippen molar-refractivity contribution >= 4 is 0 Å². The summed E-state index contributed by atoms with van der Waals surface area (Å²) in [7, 11) is 0. The zero-order valence-electron chi connectivity index (χ0n) is 12.7. The highest BCUT2D eigenvalue weighted by atomic mass is 14.9. The van der Waals surface area contributed by atoms with Gasteiger partial charge >= 0.3 is 0 Å². The molecular weight excluding hydrogens is 236 g/mol. The van der Waals surface area contributed by atoms with Crippen LogP contribution in [-0.4, -0.2) is 45.8 Å². The molecule has 0 saturated heterocycles. The normalized spacial score (nSPS) is 21.8. The first-order valence-corrected chi connectivity index (χ1v) is 8.20. The average molecular weight is 270 g/mol. The summed E-state index contributed by atoms with van der Waals surface area (Å²) in [5.74, 6) is 1.85. The second kappa shape index (κ2) is 11.6. The molecule has 4 heteroatoms. The zero-order valence-corrected chi connectivity index (χ0v) is 12.7. The van der Waals surface area contributed by atoms with Crippen LogP contribution in [0.1, 0.15) is 39.0 Å². The van der Waals surface area contributed by atoms with Gasteiger partial charge in [0, 0.05) is 0 Å². The highest BCUT2D eigenvalue weighted by Crippen LogP contribution is 2.36. The third-order valence-corrected chi connectivity index (χ3v) is 3.90. The zero-order chi connectivity index (χ0) is 13.8. The molecule has 1 saturated carbocycles. The molecule has 1 fully saturated rings. The predicted molar refractivity (Wildman–Crippen MR) is 83.4 cm³/mol. The molecule has 0 aromatic heterocycles. The maximum Gasteiger partial charge on any atom is -0.00173 e. The van der Waals surface area contributed by atoms with Gasteiger partial charge in [-0.1, -0.05) is 6.92 Å². The van der Waals surface area contributed by atoms with Gasteiger partial charge in [0.15, 0.2) is 0 Å². The van der Waals surface area contributed by atoms with Crippen molar-refractivity contribution in [3.05, 3.63) is 0 Å². The Balaban J connectivity index is 1.76. The Bertz CT molecular complexity index is 199. The van der Waals surface area contributed by atoms with E-state index in [0.717, 1.165) is 44.4 Å². The molecule has 0 aromatic carbocycles. The Morgan fingerprint density at radius 1 is 0.842 bits per heavy atom. The van der Waals surface area contributed by atoms with Crippen molar-refractivity contribution in [1.82, 2.24) is 16.0 Å². The molecule has 2 unspecified atom stereocenters. The van der Waals surface area contributed by atoms with E-state index in [1.807, 2.05) is 0 Å². The molecule has 1 aliphatic carbocycles. The van der Waals surface area contributed by atoms with Gasteiger partial charge in [-0.3, -0.25) is 0 Å². The van der Waals surface area contributed by atoms with Crippen LogP contribution in [0.3, 0.4) is 0 Å². The van der Waals surface area contributed by atoms with E-state index in [2.05, 4.69) is 22.9 Å². The first-order valence-electron chi connectivity index (χ1n) is 8.20. The fraction of sp³-hybridized carbons (Fsp3) is 1.00. The summed E-state index contributed by atoms with van der Waals surface area (Å²) in [6.45, 7) is 9.98. The van der Waals surface area contributed by atoms with E-state index >= 15 is 0 Å². The van der Waals surface area contributed by atoms with Crippen molar-refractivity contribution in [1.29, 1.82) is 0 Å². The molecule has 0 heterocycles. The highest BCUT2D eigenvalue weighted by Gasteiger charge is 2.35. The van der Waals surface area contributed by atoms with Crippen LogP contribution in [0.15, 0.2) is 0 Å². The van der Waals surface area contributed by atoms with Gasteiger partial charge in [0.05, 0.1) is 0 Å². The van der Waals surface area contributed by atoms with Gasteiger partial charge in [0.25, 0.3) is 0 Å². The van der Waals surface area contributed by atoms with Crippen LogP contribution in [0.25, 0.3) is 0 Å². The molecule has 1 aliphatic rings. The van der Waals surface area contributed by atoms with Crippen LogP contribution in [0.5, 0.6) is 0 Å². The second-order valence-electron chi connectivity index (χ2n) is 5.72. The largest absolute Gasteiger partial charge is 0.330 e. The number of hydrogen-bond acceptors (Lipinski definition) is 4. The number of nitrogens with two attached hydrogens (primary N) is 1. The molecule has 5 N–H and O–H groups in total. The minimum Gasteiger partial charge on any atom is -0.330 e. The van der Waals surface area contributed by atoms with Gasteiger partial charge < -0.3 is 21.7 Å². The first-order chi connectivity index (χ1) is 9.38. The monoisotopic (exact) mass is 270 g/mol. The van der Waals surface area contributed by atoms with Crippen LogP contribution < -0.4 is 21.7 Å². The predicted octanol–water partition coefficient (Wildman–Crippen LogP) is 0.930. The van der Waals surface area contributed by atoms with Crippen molar-refractivity contribution in [2.45, 2.75) is 39.0 Å². The second-order valence-corrected chi connectivity index (χ2v) is 5.72. The van der Waals surface area contributed by atoms with Crippen molar-refractivity contribution in [2.75, 3.05) is 45.8 Å². The number of rotatable bonds is 14. The molecule has 4 nitrogen and oxygen atoms in total. The van der Waals surface area contributed by atoms with Gasteiger partial charge in [0.1, 0.15) is 0 Å². The van der Waals surface area contributed by atoms with E-state index in [1.54, 1.807) is 0 Å². The number of nitrogens with one attached hydrogen (secondary N) is 3. The van der Waals surface area contributed by atoms with Gasteiger partial charge in [-0.25, -0.2) is 0 Å². The van der Waals surface area contributed by atoms with E-state index < -0.39 is 0 Å². The lowest BCUT2D eigenvalue weighted by Gasteiger charge is -2.06. The summed E-state index contributed by atoms with van der Waals surface area (Å²) >= 11 is 0. The summed E-state index contributed by atoms with van der Waals surface area (Å²) in [6.07, 6.45) is 6.36. The SMILES string of the molecule is CCNCCCCNCC1CC1CNCCCCN. The Morgan fingerprint density at radius 3 is 1.89 bits per heavy atom. The van der Waals surface area contributed by atoms with E-state index in [0.29, 0.717) is 0 Å². The van der Waals surface area contributed by atoms with Crippen LogP contribution in [0.2, 0.25) is 0 Å². The Kier molecular flexibility index (Phi) is 10.4. The van der Waals surface area contributed by atoms with Crippen LogP contribution >= 0.6 is 0 Å². The van der Waals surface area contributed by atoms with Gasteiger partial charge in [-0.2, -0.15) is 0 Å². The maximum absolute atomic E-state index is 5.47. The van der Waals surface area contributed by atoms with Gasteiger partial charge in [-0.05, 0) is 89.8 Å². The summed E-state index contributed by atoms with van der Waals surface area (Å²) in [6, 6.07) is 0. The van der Waals surface area contributed by atoms with Gasteiger partial charge in [0.2, 0.25) is 0 Å². The van der Waals surface area contributed by atoms with E-state index in [1.165, 1.54) is 45.3 Å². The van der Waals surface area contributed by atoms with Crippen molar-refractivity contribution in [2.24, 2.45) is 17.6 Å². The first kappa shape index (κ1) is 16.9. The summed E-state index contributed by atoms with van der Waals surface area (Å²) < 4.78 is 0. The third-order valence-electron chi connectivity index (χ3n) is 3.90. The summed E-state index contributed by atoms with van der Waals surface area (Å²) in [4.78, 5) is 0. The molecule has 1 rings (SSSR count). The lowest BCUT2D eigenvalue weighted by molar-refractivity contribution is 0.536. The standard InChI is InChI=1S/C15H34N4/c1-2-17-8-5-6-10-19-13-15-11-14(15)12-18-9-4-3-7-16/h14-15,17-19H,2-13,16H2,1H3. The molecule has 0 bridgehead atoms. The lowest BCUT2D eigenvalue weighted by Crippen LogP contribution is -2.23. The topological polar surface area (TPSA) is 62.1 Å². The van der Waals surface area contributed by atoms with Crippen molar-refractivity contribution in [3.63, 3.8) is 0 Å². The molecule has 0 spiro atoms. The quantitative estimate of drug-likeness (QED) is 0.355. The lowest BCUT2D eigenvalue weighted by atomic mass is 10.2. The van der Waals surface area contributed by atoms with Gasteiger partial charge in [-0.15, -0.1) is 0 Å². The number of unbranched alkanes of at least 4 members (excludes halogenated alkanes) is 2. The Hall–Kier alpha value is -0.160. The van der Waals surface area contributed by atoms with E-state index in [4.69, 9.17) is 5.73 Å². The molecular formula is C15H34N4. The average Bonchev–Trinajstić information content (AvgIpc) is 3.16. The minimum atomic E-state index is 0.825. The van der Waals surface area contributed by atoms with Crippen LogP contribution in [0.4, 0.5) is 0 Å². The number of hydrogen-bond donors (Lipinski definition) is 4. The minimum absolute atomic E-state index is 0.825. The smallest absolute Gasteiger partial charge is 0.00173 e. The Labute approximate surface area is 119 Å². The maximum atomic E-state index is 5.47. The summed E-state index contributed by atoms with van der Waals surface area (Å²) in [5.41, 5.74) is 5.47. The van der Waals surface area contributed by atoms with Crippen molar-refractivity contribution in [3.8, 4) is 0 Å².